The predicted octanol–water partition coefficient (Wildman–Crippen LogP) is 3.27. The number of anilines is 1. The van der Waals surface area contributed by atoms with Gasteiger partial charge >= 0.3 is 0 Å². The van der Waals surface area contributed by atoms with Gasteiger partial charge in [-0.25, -0.2) is 0 Å². The number of pyridine rings is 2. The molecule has 0 atom stereocenters. The molecule has 1 aromatic carbocycles. The first-order valence-electron chi connectivity index (χ1n) is 8.90. The minimum Gasteiger partial charge on any atom is -0.301 e. The molecule has 0 amide bonds. The maximum atomic E-state index is 9.81. The molecule has 0 aliphatic heterocycles. The first-order chi connectivity index (χ1) is 12.9. The van der Waals surface area contributed by atoms with Gasteiger partial charge in [-0.3, -0.25) is 9.97 Å². The first-order valence-corrected chi connectivity index (χ1v) is 8.90. The molecule has 5 rings (SSSR count). The van der Waals surface area contributed by atoms with E-state index < -0.39 is 0 Å². The van der Waals surface area contributed by atoms with Crippen molar-refractivity contribution < 1.29 is 4.40 Å². The van der Waals surface area contributed by atoms with E-state index in [4.69, 9.17) is 0 Å². The lowest BCUT2D eigenvalue weighted by molar-refractivity contribution is -0.465. The summed E-state index contributed by atoms with van der Waals surface area (Å²) in [6.45, 7) is 0.702. The second kappa shape index (κ2) is 5.85. The van der Waals surface area contributed by atoms with E-state index in [0.29, 0.717) is 6.54 Å². The molecular formula is C21H18N5+. The highest BCUT2D eigenvalue weighted by molar-refractivity contribution is 5.78. The standard InChI is InChI=1S/C21H17N5/c22-11-17-15-6-3-7-16(15)20(24-13-14-5-4-10-23-12-14)26-19-9-2-1-8-18(19)25-21(17)26/h1-2,4-5,8-10,12H,3,6-7,13H2,(H,24,25)/p+1. The number of H-pyrrole nitrogens is 1. The molecular weight excluding hydrogens is 322 g/mol. The Bertz CT molecular complexity index is 1170. The van der Waals surface area contributed by atoms with Crippen molar-refractivity contribution in [3.8, 4) is 6.07 Å². The number of hydrogen-bond donors (Lipinski definition) is 2. The fourth-order valence-corrected chi connectivity index (χ4v) is 4.04. The predicted molar refractivity (Wildman–Crippen MR) is 99.8 cm³/mol. The zero-order valence-corrected chi connectivity index (χ0v) is 14.3. The van der Waals surface area contributed by atoms with Crippen molar-refractivity contribution in [2.24, 2.45) is 0 Å². The number of aromatic nitrogens is 3. The third kappa shape index (κ3) is 2.16. The van der Waals surface area contributed by atoms with Crippen molar-refractivity contribution in [3.63, 3.8) is 0 Å². The first kappa shape index (κ1) is 14.9. The molecule has 0 bridgehead atoms. The molecule has 0 saturated carbocycles. The SMILES string of the molecule is N#Cc1c2c(c(NCc3cccnc3)[n+]3c1[nH]c1ccccc13)CCC2. The molecule has 0 spiro atoms. The average molecular weight is 340 g/mol. The second-order valence-electron chi connectivity index (χ2n) is 6.69. The van der Waals surface area contributed by atoms with Crippen LogP contribution in [0.1, 0.15) is 28.7 Å². The van der Waals surface area contributed by atoms with Crippen molar-refractivity contribution in [1.82, 2.24) is 9.97 Å². The molecule has 126 valence electrons. The third-order valence-electron chi connectivity index (χ3n) is 5.18. The van der Waals surface area contributed by atoms with Crippen molar-refractivity contribution in [3.05, 3.63) is 71.0 Å². The van der Waals surface area contributed by atoms with Gasteiger partial charge in [0.05, 0.1) is 6.54 Å². The van der Waals surface area contributed by atoms with Gasteiger partial charge < -0.3 is 5.32 Å². The Kier molecular flexibility index (Phi) is 3.36. The number of fused-ring (bicyclic) bond motifs is 4. The van der Waals surface area contributed by atoms with Gasteiger partial charge in [0.25, 0.3) is 0 Å². The maximum Gasteiger partial charge on any atom is 0.250 e. The van der Waals surface area contributed by atoms with Gasteiger partial charge in [0.15, 0.2) is 0 Å². The topological polar surface area (TPSA) is 68.6 Å². The Morgan fingerprint density at radius 1 is 1.15 bits per heavy atom. The fraction of sp³-hybridized carbons (Fsp3) is 0.190. The highest BCUT2D eigenvalue weighted by Crippen LogP contribution is 2.32. The molecule has 0 radical (unpaired) electrons. The van der Waals surface area contributed by atoms with E-state index >= 15 is 0 Å². The highest BCUT2D eigenvalue weighted by Gasteiger charge is 2.29. The zero-order valence-electron chi connectivity index (χ0n) is 14.3. The lowest BCUT2D eigenvalue weighted by Crippen LogP contribution is -2.29. The lowest BCUT2D eigenvalue weighted by atomic mass is 10.1. The van der Waals surface area contributed by atoms with E-state index in [1.54, 1.807) is 6.20 Å². The largest absolute Gasteiger partial charge is 0.301 e. The molecule has 0 fully saturated rings. The third-order valence-corrected chi connectivity index (χ3v) is 5.18. The van der Waals surface area contributed by atoms with Crippen molar-refractivity contribution in [2.75, 3.05) is 5.32 Å². The number of nitrogens with one attached hydrogen (secondary N) is 2. The van der Waals surface area contributed by atoms with Gasteiger partial charge in [-0.05, 0) is 43.0 Å². The zero-order chi connectivity index (χ0) is 17.5. The average Bonchev–Trinajstić information content (AvgIpc) is 3.31. The summed E-state index contributed by atoms with van der Waals surface area (Å²) in [6, 6.07) is 14.7. The lowest BCUT2D eigenvalue weighted by Gasteiger charge is -2.10. The second-order valence-corrected chi connectivity index (χ2v) is 6.69. The molecule has 26 heavy (non-hydrogen) atoms. The molecule has 5 nitrogen and oxygen atoms in total. The van der Waals surface area contributed by atoms with E-state index in [0.717, 1.165) is 52.9 Å². The number of imidazole rings is 1. The van der Waals surface area contributed by atoms with Crippen molar-refractivity contribution in [2.45, 2.75) is 25.8 Å². The van der Waals surface area contributed by atoms with Crippen LogP contribution in [0.5, 0.6) is 0 Å². The van der Waals surface area contributed by atoms with E-state index in [1.165, 1.54) is 11.1 Å². The summed E-state index contributed by atoms with van der Waals surface area (Å²) < 4.78 is 2.18. The number of benzene rings is 1. The molecule has 1 aliphatic rings. The van der Waals surface area contributed by atoms with Crippen LogP contribution in [-0.4, -0.2) is 9.97 Å². The van der Waals surface area contributed by atoms with Crippen LogP contribution in [-0.2, 0) is 19.4 Å². The highest BCUT2D eigenvalue weighted by atomic mass is 15.1. The minimum atomic E-state index is 0.702. The Labute approximate surface area is 150 Å². The molecule has 5 heteroatoms. The summed E-state index contributed by atoms with van der Waals surface area (Å²) in [4.78, 5) is 7.66. The van der Waals surface area contributed by atoms with Crippen LogP contribution in [0.2, 0.25) is 0 Å². The Hall–Kier alpha value is -3.39. The van der Waals surface area contributed by atoms with Gasteiger partial charge in [0.1, 0.15) is 22.7 Å². The Balaban J connectivity index is 1.77. The smallest absolute Gasteiger partial charge is 0.250 e. The number of rotatable bonds is 3. The summed E-state index contributed by atoms with van der Waals surface area (Å²) in [5.41, 5.74) is 7.38. The Morgan fingerprint density at radius 3 is 2.88 bits per heavy atom. The van der Waals surface area contributed by atoms with Crippen LogP contribution in [0.15, 0.2) is 48.8 Å². The number of hydrogen-bond acceptors (Lipinski definition) is 3. The monoisotopic (exact) mass is 340 g/mol. The van der Waals surface area contributed by atoms with Crippen molar-refractivity contribution >= 4 is 22.5 Å². The van der Waals surface area contributed by atoms with Gasteiger partial charge in [-0.15, -0.1) is 0 Å². The van der Waals surface area contributed by atoms with E-state index in [1.807, 2.05) is 24.4 Å². The molecule has 3 aromatic heterocycles. The van der Waals surface area contributed by atoms with Crippen LogP contribution in [0.4, 0.5) is 5.82 Å². The van der Waals surface area contributed by atoms with E-state index in [9.17, 15) is 5.26 Å². The van der Waals surface area contributed by atoms with Crippen molar-refractivity contribution in [1.29, 1.82) is 5.26 Å². The van der Waals surface area contributed by atoms with Crippen LogP contribution in [0.25, 0.3) is 16.7 Å². The molecule has 4 aromatic rings. The quantitative estimate of drug-likeness (QED) is 0.562. The summed E-state index contributed by atoms with van der Waals surface area (Å²) in [5.74, 6) is 1.09. The number of nitriles is 1. The number of nitrogens with zero attached hydrogens (tertiary/aromatic N) is 3. The van der Waals surface area contributed by atoms with Crippen LogP contribution in [0.3, 0.4) is 0 Å². The summed E-state index contributed by atoms with van der Waals surface area (Å²) in [6.07, 6.45) is 6.73. The summed E-state index contributed by atoms with van der Waals surface area (Å²) >= 11 is 0. The molecule has 0 unspecified atom stereocenters. The summed E-state index contributed by atoms with van der Waals surface area (Å²) in [5, 5.41) is 13.4. The molecule has 1 aliphatic carbocycles. The normalized spacial score (nSPS) is 13.0. The fourth-order valence-electron chi connectivity index (χ4n) is 4.04. The van der Waals surface area contributed by atoms with Crippen LogP contribution < -0.4 is 9.72 Å². The van der Waals surface area contributed by atoms with Crippen LogP contribution >= 0.6 is 0 Å². The molecule has 0 saturated heterocycles. The molecule has 2 N–H and O–H groups in total. The summed E-state index contributed by atoms with van der Waals surface area (Å²) in [7, 11) is 0. The number of aromatic amines is 1. The van der Waals surface area contributed by atoms with Gasteiger partial charge in [0, 0.05) is 23.5 Å². The van der Waals surface area contributed by atoms with Gasteiger partial charge in [-0.1, -0.05) is 18.2 Å². The molecule has 3 heterocycles. The Morgan fingerprint density at radius 2 is 2.04 bits per heavy atom. The van der Waals surface area contributed by atoms with E-state index in [2.05, 4.69) is 44.0 Å². The number of para-hydroxylation sites is 2. The maximum absolute atomic E-state index is 9.81. The van der Waals surface area contributed by atoms with Gasteiger partial charge in [-0.2, -0.15) is 9.66 Å². The van der Waals surface area contributed by atoms with Gasteiger partial charge in [0.2, 0.25) is 11.5 Å². The van der Waals surface area contributed by atoms with Crippen LogP contribution in [0, 0.1) is 11.3 Å². The minimum absolute atomic E-state index is 0.702. The van der Waals surface area contributed by atoms with E-state index in [-0.39, 0.29) is 0 Å².